The van der Waals surface area contributed by atoms with Gasteiger partial charge in [-0.15, -0.1) is 0 Å². The van der Waals surface area contributed by atoms with E-state index in [1.807, 2.05) is 60.7 Å². The van der Waals surface area contributed by atoms with Gasteiger partial charge in [0.25, 0.3) is 5.91 Å². The van der Waals surface area contributed by atoms with Gasteiger partial charge in [0.15, 0.2) is 6.61 Å². The fourth-order valence-corrected chi connectivity index (χ4v) is 4.72. The zero-order chi connectivity index (χ0) is 24.1. The summed E-state index contributed by atoms with van der Waals surface area (Å²) in [6.45, 7) is 0.0956. The van der Waals surface area contributed by atoms with Crippen molar-refractivity contribution in [2.45, 2.75) is 12.8 Å². The van der Waals surface area contributed by atoms with Gasteiger partial charge in [0.2, 0.25) is 10.0 Å². The SMILES string of the molecule is CS(=O)(=O)N1CCC(C(=O)OCC(=O)Nc2cc(-c3ccccc3)nn2-c2ccccc2)CC1. The Morgan fingerprint density at radius 3 is 2.26 bits per heavy atom. The van der Waals surface area contributed by atoms with E-state index in [4.69, 9.17) is 4.74 Å². The first kappa shape index (κ1) is 23.7. The molecule has 0 saturated carbocycles. The Balaban J connectivity index is 1.41. The van der Waals surface area contributed by atoms with Gasteiger partial charge < -0.3 is 10.1 Å². The maximum Gasteiger partial charge on any atom is 0.309 e. The number of anilines is 1. The van der Waals surface area contributed by atoms with Gasteiger partial charge in [-0.2, -0.15) is 5.10 Å². The predicted molar refractivity (Wildman–Crippen MR) is 128 cm³/mol. The Morgan fingerprint density at radius 2 is 1.65 bits per heavy atom. The molecule has 2 heterocycles. The van der Waals surface area contributed by atoms with Crippen molar-refractivity contribution in [1.29, 1.82) is 0 Å². The Kier molecular flexibility index (Phi) is 7.09. The van der Waals surface area contributed by atoms with Gasteiger partial charge in [0.1, 0.15) is 5.82 Å². The number of aromatic nitrogens is 2. The lowest BCUT2D eigenvalue weighted by molar-refractivity contribution is -0.152. The van der Waals surface area contributed by atoms with Crippen LogP contribution >= 0.6 is 0 Å². The van der Waals surface area contributed by atoms with Crippen LogP contribution in [0.4, 0.5) is 5.82 Å². The minimum atomic E-state index is -3.27. The number of amides is 1. The van der Waals surface area contributed by atoms with E-state index in [1.54, 1.807) is 10.7 Å². The molecule has 0 radical (unpaired) electrons. The normalized spacial score (nSPS) is 15.1. The van der Waals surface area contributed by atoms with Crippen LogP contribution in [-0.4, -0.2) is 60.3 Å². The van der Waals surface area contributed by atoms with E-state index >= 15 is 0 Å². The summed E-state index contributed by atoms with van der Waals surface area (Å²) >= 11 is 0. The second kappa shape index (κ2) is 10.2. The monoisotopic (exact) mass is 482 g/mol. The van der Waals surface area contributed by atoms with Crippen LogP contribution in [0.2, 0.25) is 0 Å². The minimum Gasteiger partial charge on any atom is -0.455 e. The van der Waals surface area contributed by atoms with Crippen molar-refractivity contribution in [1.82, 2.24) is 14.1 Å². The summed E-state index contributed by atoms with van der Waals surface area (Å²) in [5, 5.41) is 7.42. The summed E-state index contributed by atoms with van der Waals surface area (Å²) in [7, 11) is -3.27. The second-order valence-corrected chi connectivity index (χ2v) is 10.1. The highest BCUT2D eigenvalue weighted by Gasteiger charge is 2.30. The van der Waals surface area contributed by atoms with E-state index in [1.165, 1.54) is 4.31 Å². The van der Waals surface area contributed by atoms with Gasteiger partial charge in [0, 0.05) is 24.7 Å². The molecule has 1 aliphatic rings. The molecule has 178 valence electrons. The highest BCUT2D eigenvalue weighted by molar-refractivity contribution is 7.88. The molecule has 1 fully saturated rings. The largest absolute Gasteiger partial charge is 0.455 e. The molecule has 0 bridgehead atoms. The lowest BCUT2D eigenvalue weighted by Gasteiger charge is -2.28. The molecule has 1 amide bonds. The third-order valence-corrected chi connectivity index (χ3v) is 6.95. The standard InChI is InChI=1S/C24H26N4O5S/c1-34(31,32)27-14-12-19(13-15-27)24(30)33-17-23(29)25-22-16-21(18-8-4-2-5-9-18)26-28(22)20-10-6-3-7-11-20/h2-11,16,19H,12-15,17H2,1H3,(H,25,29). The quantitative estimate of drug-likeness (QED) is 0.519. The van der Waals surface area contributed by atoms with E-state index in [0.29, 0.717) is 24.4 Å². The van der Waals surface area contributed by atoms with Crippen molar-refractivity contribution < 1.29 is 22.7 Å². The number of esters is 1. The molecule has 4 rings (SSSR count). The van der Waals surface area contributed by atoms with E-state index in [2.05, 4.69) is 10.4 Å². The average molecular weight is 483 g/mol. The molecule has 2 aromatic carbocycles. The summed E-state index contributed by atoms with van der Waals surface area (Å²) < 4.78 is 31.4. The number of hydrogen-bond acceptors (Lipinski definition) is 6. The summed E-state index contributed by atoms with van der Waals surface area (Å²) in [5.41, 5.74) is 2.36. The summed E-state index contributed by atoms with van der Waals surface area (Å²) in [4.78, 5) is 25.0. The lowest BCUT2D eigenvalue weighted by Crippen LogP contribution is -2.40. The molecule has 1 aromatic heterocycles. The molecule has 1 aliphatic heterocycles. The van der Waals surface area contributed by atoms with Gasteiger partial charge >= 0.3 is 5.97 Å². The maximum absolute atomic E-state index is 12.6. The number of carbonyl (C=O) groups is 2. The summed E-state index contributed by atoms with van der Waals surface area (Å²) in [5.74, 6) is -0.957. The maximum atomic E-state index is 12.6. The van der Waals surface area contributed by atoms with Crippen molar-refractivity contribution in [3.63, 3.8) is 0 Å². The first-order chi connectivity index (χ1) is 16.3. The molecule has 0 aliphatic carbocycles. The molecule has 9 nitrogen and oxygen atoms in total. The molecule has 34 heavy (non-hydrogen) atoms. The zero-order valence-corrected chi connectivity index (χ0v) is 19.6. The number of rotatable bonds is 7. The molecule has 0 atom stereocenters. The molecular weight excluding hydrogens is 456 g/mol. The highest BCUT2D eigenvalue weighted by Crippen LogP contribution is 2.25. The predicted octanol–water partition coefficient (Wildman–Crippen LogP) is 2.69. The fourth-order valence-electron chi connectivity index (χ4n) is 3.84. The number of ether oxygens (including phenoxy) is 1. The highest BCUT2D eigenvalue weighted by atomic mass is 32.2. The number of nitrogens with zero attached hydrogens (tertiary/aromatic N) is 3. The van der Waals surface area contributed by atoms with Crippen molar-refractivity contribution in [2.75, 3.05) is 31.3 Å². The van der Waals surface area contributed by atoms with Crippen molar-refractivity contribution in [3.05, 3.63) is 66.7 Å². The first-order valence-electron chi connectivity index (χ1n) is 10.9. The molecule has 1 saturated heterocycles. The van der Waals surface area contributed by atoms with Crippen LogP contribution in [0.15, 0.2) is 66.7 Å². The third-order valence-electron chi connectivity index (χ3n) is 5.65. The minimum absolute atomic E-state index is 0.267. The molecule has 0 spiro atoms. The Labute approximate surface area is 198 Å². The Bertz CT molecular complexity index is 1250. The number of carbonyl (C=O) groups excluding carboxylic acids is 2. The van der Waals surface area contributed by atoms with Crippen LogP contribution in [0.1, 0.15) is 12.8 Å². The van der Waals surface area contributed by atoms with Crippen LogP contribution in [0.5, 0.6) is 0 Å². The fraction of sp³-hybridized carbons (Fsp3) is 0.292. The number of piperidine rings is 1. The number of benzene rings is 2. The molecule has 1 N–H and O–H groups in total. The molecule has 10 heteroatoms. The lowest BCUT2D eigenvalue weighted by atomic mass is 9.98. The van der Waals surface area contributed by atoms with Crippen molar-refractivity contribution in [3.8, 4) is 16.9 Å². The van der Waals surface area contributed by atoms with Gasteiger partial charge in [-0.1, -0.05) is 48.5 Å². The van der Waals surface area contributed by atoms with Gasteiger partial charge in [-0.25, -0.2) is 17.4 Å². The van der Waals surface area contributed by atoms with E-state index in [9.17, 15) is 18.0 Å². The molecule has 0 unspecified atom stereocenters. The Hall–Kier alpha value is -3.50. The molecule has 3 aromatic rings. The zero-order valence-electron chi connectivity index (χ0n) is 18.8. The van der Waals surface area contributed by atoms with Crippen LogP contribution in [0.3, 0.4) is 0 Å². The van der Waals surface area contributed by atoms with Gasteiger partial charge in [-0.05, 0) is 25.0 Å². The summed E-state index contributed by atoms with van der Waals surface area (Å²) in [6.07, 6.45) is 1.89. The number of sulfonamides is 1. The molecular formula is C24H26N4O5S. The van der Waals surface area contributed by atoms with Crippen molar-refractivity contribution >= 4 is 27.7 Å². The number of hydrogen-bond donors (Lipinski definition) is 1. The van der Waals surface area contributed by atoms with Crippen molar-refractivity contribution in [2.24, 2.45) is 5.92 Å². The van der Waals surface area contributed by atoms with Crippen LogP contribution < -0.4 is 5.32 Å². The van der Waals surface area contributed by atoms with Crippen LogP contribution in [0.25, 0.3) is 16.9 Å². The first-order valence-corrected chi connectivity index (χ1v) is 12.8. The van der Waals surface area contributed by atoms with E-state index in [-0.39, 0.29) is 13.1 Å². The topological polar surface area (TPSA) is 111 Å². The van der Waals surface area contributed by atoms with Crippen LogP contribution in [0, 0.1) is 5.92 Å². The van der Waals surface area contributed by atoms with Gasteiger partial charge in [0.05, 0.1) is 23.6 Å². The van der Waals surface area contributed by atoms with E-state index < -0.39 is 34.4 Å². The van der Waals surface area contributed by atoms with Crippen LogP contribution in [-0.2, 0) is 24.3 Å². The average Bonchev–Trinajstić information content (AvgIpc) is 3.27. The van der Waals surface area contributed by atoms with E-state index in [0.717, 1.165) is 17.5 Å². The van der Waals surface area contributed by atoms with Gasteiger partial charge in [-0.3, -0.25) is 9.59 Å². The smallest absolute Gasteiger partial charge is 0.309 e. The Morgan fingerprint density at radius 1 is 1.03 bits per heavy atom. The summed E-state index contributed by atoms with van der Waals surface area (Å²) in [6, 6.07) is 20.8. The number of nitrogens with one attached hydrogen (secondary N) is 1. The third kappa shape index (κ3) is 5.70. The number of para-hydroxylation sites is 1. The second-order valence-electron chi connectivity index (χ2n) is 8.12.